The fourth-order valence-corrected chi connectivity index (χ4v) is 2.73. The molecular weight excluding hydrogens is 290 g/mol. The minimum Gasteiger partial charge on any atom is -0.383 e. The summed E-state index contributed by atoms with van der Waals surface area (Å²) < 4.78 is 6.44. The molecular formula is C14H19N3O3S. The zero-order chi connectivity index (χ0) is 15.4. The second-order valence-electron chi connectivity index (χ2n) is 5.17. The summed E-state index contributed by atoms with van der Waals surface area (Å²) in [7, 11) is 1.59. The van der Waals surface area contributed by atoms with Crippen molar-refractivity contribution in [1.29, 1.82) is 0 Å². The van der Waals surface area contributed by atoms with E-state index in [1.165, 1.54) is 21.9 Å². The molecule has 0 unspecified atom stereocenters. The molecule has 0 aliphatic rings. The largest absolute Gasteiger partial charge is 0.383 e. The molecule has 0 aliphatic heterocycles. The van der Waals surface area contributed by atoms with Crippen molar-refractivity contribution in [2.24, 2.45) is 5.92 Å². The molecule has 1 amide bonds. The van der Waals surface area contributed by atoms with Crippen LogP contribution in [-0.4, -0.2) is 47.0 Å². The average Bonchev–Trinajstić information content (AvgIpc) is 2.92. The molecule has 2 rings (SSSR count). The Labute approximate surface area is 127 Å². The number of methoxy groups -OCH3 is 1. The van der Waals surface area contributed by atoms with Crippen LogP contribution in [0, 0.1) is 5.92 Å². The third kappa shape index (κ3) is 3.48. The van der Waals surface area contributed by atoms with E-state index in [1.54, 1.807) is 23.6 Å². The fraction of sp³-hybridized carbons (Fsp3) is 0.500. The first-order valence-corrected chi connectivity index (χ1v) is 7.65. The predicted octanol–water partition coefficient (Wildman–Crippen LogP) is 1.50. The van der Waals surface area contributed by atoms with Crippen molar-refractivity contribution in [3.63, 3.8) is 0 Å². The Bertz CT molecular complexity index is 677. The Morgan fingerprint density at radius 3 is 2.95 bits per heavy atom. The molecule has 0 fully saturated rings. The maximum Gasteiger partial charge on any atom is 0.271 e. The topological polar surface area (TPSA) is 63.9 Å². The number of carbonyl (C=O) groups excluding carboxylic acids is 1. The molecule has 21 heavy (non-hydrogen) atoms. The third-order valence-corrected chi connectivity index (χ3v) is 3.78. The van der Waals surface area contributed by atoms with Gasteiger partial charge >= 0.3 is 0 Å². The van der Waals surface area contributed by atoms with Gasteiger partial charge in [-0.3, -0.25) is 14.0 Å². The van der Waals surface area contributed by atoms with Gasteiger partial charge in [0.2, 0.25) is 0 Å². The van der Waals surface area contributed by atoms with E-state index in [9.17, 15) is 9.59 Å². The van der Waals surface area contributed by atoms with Crippen molar-refractivity contribution < 1.29 is 9.53 Å². The molecule has 0 spiro atoms. The molecule has 6 nitrogen and oxygen atoms in total. The summed E-state index contributed by atoms with van der Waals surface area (Å²) in [5.74, 6) is 0.0187. The number of hydrogen-bond donors (Lipinski definition) is 0. The van der Waals surface area contributed by atoms with E-state index in [1.807, 2.05) is 13.8 Å². The molecule has 0 bridgehead atoms. The van der Waals surface area contributed by atoms with Gasteiger partial charge in [0.15, 0.2) is 4.96 Å². The van der Waals surface area contributed by atoms with Gasteiger partial charge in [-0.05, 0) is 5.92 Å². The molecule has 0 aliphatic carbocycles. The predicted molar refractivity (Wildman–Crippen MR) is 82.0 cm³/mol. The van der Waals surface area contributed by atoms with Gasteiger partial charge in [-0.1, -0.05) is 13.8 Å². The van der Waals surface area contributed by atoms with Crippen molar-refractivity contribution in [3.8, 4) is 0 Å². The minimum atomic E-state index is -0.322. The summed E-state index contributed by atoms with van der Waals surface area (Å²) in [6.45, 7) is 5.53. The number of hydrogen-bond acceptors (Lipinski definition) is 5. The second-order valence-corrected chi connectivity index (χ2v) is 6.04. The Morgan fingerprint density at radius 1 is 1.52 bits per heavy atom. The highest BCUT2D eigenvalue weighted by Crippen LogP contribution is 2.08. The quantitative estimate of drug-likeness (QED) is 0.811. The molecule has 0 saturated carbocycles. The monoisotopic (exact) mass is 309 g/mol. The fourth-order valence-electron chi connectivity index (χ4n) is 2.06. The molecule has 114 valence electrons. The van der Waals surface area contributed by atoms with E-state index >= 15 is 0 Å². The Hall–Kier alpha value is -1.73. The van der Waals surface area contributed by atoms with E-state index in [-0.39, 0.29) is 17.0 Å². The lowest BCUT2D eigenvalue weighted by atomic mass is 10.2. The van der Waals surface area contributed by atoms with Crippen LogP contribution in [0.1, 0.15) is 24.2 Å². The SMILES string of the molecule is COCCN(CC(C)C)C(=O)c1cnc2sccn2c1=O. The molecule has 7 heteroatoms. The number of carbonyl (C=O) groups is 1. The number of rotatable bonds is 6. The molecule has 0 radical (unpaired) electrons. The van der Waals surface area contributed by atoms with E-state index in [4.69, 9.17) is 4.74 Å². The smallest absolute Gasteiger partial charge is 0.271 e. The lowest BCUT2D eigenvalue weighted by Crippen LogP contribution is -2.39. The number of nitrogens with zero attached hydrogens (tertiary/aromatic N) is 3. The van der Waals surface area contributed by atoms with Gasteiger partial charge in [0.05, 0.1) is 6.61 Å². The van der Waals surface area contributed by atoms with Crippen LogP contribution >= 0.6 is 11.3 Å². The summed E-state index contributed by atoms with van der Waals surface area (Å²) in [5, 5.41) is 1.77. The lowest BCUT2D eigenvalue weighted by molar-refractivity contribution is 0.0670. The van der Waals surface area contributed by atoms with Crippen LogP contribution in [0.25, 0.3) is 4.96 Å². The Kier molecular flexibility index (Phi) is 5.08. The molecule has 0 atom stereocenters. The van der Waals surface area contributed by atoms with E-state index < -0.39 is 0 Å². The summed E-state index contributed by atoms with van der Waals surface area (Å²) >= 11 is 1.36. The van der Waals surface area contributed by atoms with Crippen LogP contribution < -0.4 is 5.56 Å². The van der Waals surface area contributed by atoms with Crippen molar-refractivity contribution in [3.05, 3.63) is 33.7 Å². The lowest BCUT2D eigenvalue weighted by Gasteiger charge is -2.24. The second kappa shape index (κ2) is 6.82. The molecule has 2 aromatic heterocycles. The zero-order valence-electron chi connectivity index (χ0n) is 12.4. The first kappa shape index (κ1) is 15.7. The Morgan fingerprint density at radius 2 is 2.29 bits per heavy atom. The van der Waals surface area contributed by atoms with E-state index in [2.05, 4.69) is 4.98 Å². The van der Waals surface area contributed by atoms with E-state index in [0.717, 1.165) is 0 Å². The van der Waals surface area contributed by atoms with Crippen molar-refractivity contribution in [1.82, 2.24) is 14.3 Å². The zero-order valence-corrected chi connectivity index (χ0v) is 13.2. The van der Waals surface area contributed by atoms with Crippen molar-refractivity contribution in [2.75, 3.05) is 26.8 Å². The Balaban J connectivity index is 2.33. The van der Waals surface area contributed by atoms with Gasteiger partial charge in [0.25, 0.3) is 11.5 Å². The first-order valence-electron chi connectivity index (χ1n) is 6.77. The number of aromatic nitrogens is 2. The van der Waals surface area contributed by atoms with Crippen LogP contribution in [-0.2, 0) is 4.74 Å². The van der Waals surface area contributed by atoms with Gasteiger partial charge in [-0.25, -0.2) is 4.98 Å². The highest BCUT2D eigenvalue weighted by molar-refractivity contribution is 7.15. The van der Waals surface area contributed by atoms with Gasteiger partial charge in [0, 0.05) is 38.0 Å². The minimum absolute atomic E-state index is 0.0997. The van der Waals surface area contributed by atoms with Crippen LogP contribution in [0.3, 0.4) is 0 Å². The normalized spacial score (nSPS) is 11.2. The molecule has 2 heterocycles. The number of fused-ring (bicyclic) bond motifs is 1. The van der Waals surface area contributed by atoms with Crippen LogP contribution in [0.15, 0.2) is 22.6 Å². The number of thiazole rings is 1. The highest BCUT2D eigenvalue weighted by Gasteiger charge is 2.21. The molecule has 0 aromatic carbocycles. The summed E-state index contributed by atoms with van der Waals surface area (Å²) in [5.41, 5.74) is -0.222. The standard InChI is InChI=1S/C14H19N3O3S/c1-10(2)9-16(4-6-20-3)12(18)11-8-15-14-17(13(11)19)5-7-21-14/h5,7-8,10H,4,6,9H2,1-3H3. The maximum atomic E-state index is 12.6. The van der Waals surface area contributed by atoms with Crippen LogP contribution in [0.5, 0.6) is 0 Å². The maximum absolute atomic E-state index is 12.6. The molecule has 2 aromatic rings. The average molecular weight is 309 g/mol. The van der Waals surface area contributed by atoms with E-state index in [0.29, 0.717) is 30.6 Å². The van der Waals surface area contributed by atoms with Crippen molar-refractivity contribution in [2.45, 2.75) is 13.8 Å². The summed E-state index contributed by atoms with van der Waals surface area (Å²) in [6, 6.07) is 0. The highest BCUT2D eigenvalue weighted by atomic mass is 32.1. The van der Waals surface area contributed by atoms with Gasteiger partial charge in [-0.15, -0.1) is 11.3 Å². The van der Waals surface area contributed by atoms with Gasteiger partial charge < -0.3 is 9.64 Å². The number of ether oxygens (including phenoxy) is 1. The molecule has 0 saturated heterocycles. The van der Waals surface area contributed by atoms with Crippen molar-refractivity contribution >= 4 is 22.2 Å². The van der Waals surface area contributed by atoms with Crippen LogP contribution in [0.2, 0.25) is 0 Å². The number of amides is 1. The summed E-state index contributed by atoms with van der Waals surface area (Å²) in [6.07, 6.45) is 3.00. The molecule has 0 N–H and O–H groups in total. The third-order valence-electron chi connectivity index (χ3n) is 3.01. The summed E-state index contributed by atoms with van der Waals surface area (Å²) in [4.78, 5) is 31.3. The van der Waals surface area contributed by atoms with Gasteiger partial charge in [-0.2, -0.15) is 0 Å². The van der Waals surface area contributed by atoms with Gasteiger partial charge in [0.1, 0.15) is 5.56 Å². The first-order chi connectivity index (χ1) is 10.0. The van der Waals surface area contributed by atoms with Crippen LogP contribution in [0.4, 0.5) is 0 Å².